The summed E-state index contributed by atoms with van der Waals surface area (Å²) >= 11 is 0. The maximum Gasteiger partial charge on any atom is 0.418 e. The molecule has 4 aromatic rings. The number of aromatic nitrogens is 1. The number of alkyl halides is 3. The average molecular weight is 424 g/mol. The lowest BCUT2D eigenvalue weighted by Crippen LogP contribution is -2.24. The highest BCUT2D eigenvalue weighted by atomic mass is 19.4. The number of pyridine rings is 1. The summed E-state index contributed by atoms with van der Waals surface area (Å²) in [7, 11) is 0. The maximum atomic E-state index is 13.5. The standard InChI is InChI=1S/C24H16F4N2O/c25-17-11-9-15(10-12-17)13-30-23(31)19-14-29-22-18(7-4-8-20(22)24(26,27)28)21(19)16-5-2-1-3-6-16/h1-12,14H,13H2,(H,30,31). The third-order valence-corrected chi connectivity index (χ3v) is 4.88. The van der Waals surface area contributed by atoms with Crippen molar-refractivity contribution in [2.24, 2.45) is 0 Å². The Morgan fingerprint density at radius 3 is 2.29 bits per heavy atom. The molecule has 1 amide bonds. The minimum absolute atomic E-state index is 0.133. The van der Waals surface area contributed by atoms with Gasteiger partial charge in [-0.25, -0.2) is 4.39 Å². The largest absolute Gasteiger partial charge is 0.418 e. The van der Waals surface area contributed by atoms with Crippen LogP contribution in [-0.2, 0) is 12.7 Å². The third-order valence-electron chi connectivity index (χ3n) is 4.88. The second-order valence-electron chi connectivity index (χ2n) is 6.92. The molecule has 156 valence electrons. The lowest BCUT2D eigenvalue weighted by Gasteiger charge is -2.16. The van der Waals surface area contributed by atoms with Crippen LogP contribution in [0.4, 0.5) is 17.6 Å². The van der Waals surface area contributed by atoms with Crippen LogP contribution in [0.5, 0.6) is 0 Å². The number of para-hydroxylation sites is 1. The molecule has 0 aliphatic carbocycles. The molecule has 0 aliphatic heterocycles. The van der Waals surface area contributed by atoms with Crippen molar-refractivity contribution in [1.29, 1.82) is 0 Å². The van der Waals surface area contributed by atoms with Gasteiger partial charge in [-0.15, -0.1) is 0 Å². The third kappa shape index (κ3) is 4.26. The van der Waals surface area contributed by atoms with E-state index < -0.39 is 17.6 Å². The van der Waals surface area contributed by atoms with Gasteiger partial charge in [-0.1, -0.05) is 54.6 Å². The number of hydrogen-bond donors (Lipinski definition) is 1. The number of amides is 1. The fourth-order valence-corrected chi connectivity index (χ4v) is 3.42. The van der Waals surface area contributed by atoms with Gasteiger partial charge < -0.3 is 5.32 Å². The molecule has 0 fully saturated rings. The van der Waals surface area contributed by atoms with Crippen molar-refractivity contribution < 1.29 is 22.4 Å². The van der Waals surface area contributed by atoms with E-state index in [1.807, 2.05) is 0 Å². The molecule has 0 unspecified atom stereocenters. The molecule has 0 bridgehead atoms. The van der Waals surface area contributed by atoms with Crippen LogP contribution < -0.4 is 5.32 Å². The first-order valence-corrected chi connectivity index (χ1v) is 9.41. The zero-order valence-electron chi connectivity index (χ0n) is 16.1. The van der Waals surface area contributed by atoms with E-state index in [4.69, 9.17) is 0 Å². The Bertz CT molecular complexity index is 1240. The van der Waals surface area contributed by atoms with Gasteiger partial charge in [-0.2, -0.15) is 13.2 Å². The highest BCUT2D eigenvalue weighted by Crippen LogP contribution is 2.38. The first-order chi connectivity index (χ1) is 14.8. The molecular formula is C24H16F4N2O. The molecule has 0 radical (unpaired) electrons. The summed E-state index contributed by atoms with van der Waals surface area (Å²) in [5.74, 6) is -0.879. The van der Waals surface area contributed by atoms with Gasteiger partial charge in [-0.05, 0) is 29.3 Å². The molecule has 1 heterocycles. The van der Waals surface area contributed by atoms with Gasteiger partial charge in [0.15, 0.2) is 0 Å². The van der Waals surface area contributed by atoms with Crippen LogP contribution in [0, 0.1) is 5.82 Å². The zero-order valence-corrected chi connectivity index (χ0v) is 16.1. The quantitative estimate of drug-likeness (QED) is 0.409. The topological polar surface area (TPSA) is 42.0 Å². The second kappa shape index (κ2) is 8.18. The normalized spacial score (nSPS) is 11.5. The summed E-state index contributed by atoms with van der Waals surface area (Å²) in [5.41, 5.74) is 0.725. The molecule has 7 heteroatoms. The summed E-state index contributed by atoms with van der Waals surface area (Å²) in [6.07, 6.45) is -3.41. The van der Waals surface area contributed by atoms with E-state index in [0.717, 1.165) is 6.07 Å². The van der Waals surface area contributed by atoms with E-state index in [-0.39, 0.29) is 28.8 Å². The maximum absolute atomic E-state index is 13.5. The van der Waals surface area contributed by atoms with E-state index in [2.05, 4.69) is 10.3 Å². The molecule has 1 aromatic heterocycles. The molecule has 0 atom stereocenters. The van der Waals surface area contributed by atoms with Crippen LogP contribution in [-0.4, -0.2) is 10.9 Å². The zero-order chi connectivity index (χ0) is 22.0. The Kier molecular flexibility index (Phi) is 5.42. The van der Waals surface area contributed by atoms with E-state index >= 15 is 0 Å². The van der Waals surface area contributed by atoms with Crippen molar-refractivity contribution in [3.8, 4) is 11.1 Å². The first-order valence-electron chi connectivity index (χ1n) is 9.41. The summed E-state index contributed by atoms with van der Waals surface area (Å²) in [6, 6.07) is 18.2. The predicted molar refractivity (Wildman–Crippen MR) is 110 cm³/mol. The lowest BCUT2D eigenvalue weighted by atomic mass is 9.94. The Morgan fingerprint density at radius 2 is 1.61 bits per heavy atom. The van der Waals surface area contributed by atoms with Gasteiger partial charge in [0, 0.05) is 23.7 Å². The molecule has 0 spiro atoms. The van der Waals surface area contributed by atoms with Crippen LogP contribution in [0.2, 0.25) is 0 Å². The monoisotopic (exact) mass is 424 g/mol. The van der Waals surface area contributed by atoms with Gasteiger partial charge in [0.1, 0.15) is 5.82 Å². The van der Waals surface area contributed by atoms with Crippen LogP contribution in [0.3, 0.4) is 0 Å². The minimum Gasteiger partial charge on any atom is -0.348 e. The molecule has 0 saturated carbocycles. The number of benzene rings is 3. The van der Waals surface area contributed by atoms with Crippen molar-refractivity contribution >= 4 is 16.8 Å². The number of rotatable bonds is 4. The minimum atomic E-state index is -4.58. The van der Waals surface area contributed by atoms with E-state index in [0.29, 0.717) is 16.7 Å². The Balaban J connectivity index is 1.81. The van der Waals surface area contributed by atoms with Crippen LogP contribution in [0.15, 0.2) is 79.0 Å². The van der Waals surface area contributed by atoms with Crippen molar-refractivity contribution in [2.75, 3.05) is 0 Å². The van der Waals surface area contributed by atoms with Gasteiger partial charge in [0.05, 0.1) is 16.6 Å². The van der Waals surface area contributed by atoms with Crippen molar-refractivity contribution in [3.63, 3.8) is 0 Å². The number of nitrogens with one attached hydrogen (secondary N) is 1. The van der Waals surface area contributed by atoms with Crippen molar-refractivity contribution in [2.45, 2.75) is 12.7 Å². The van der Waals surface area contributed by atoms with Gasteiger partial charge in [0.25, 0.3) is 5.91 Å². The molecule has 31 heavy (non-hydrogen) atoms. The number of hydrogen-bond acceptors (Lipinski definition) is 2. The van der Waals surface area contributed by atoms with E-state index in [9.17, 15) is 22.4 Å². The smallest absolute Gasteiger partial charge is 0.348 e. The summed E-state index contributed by atoms with van der Waals surface area (Å²) < 4.78 is 53.6. The summed E-state index contributed by atoms with van der Waals surface area (Å²) in [4.78, 5) is 16.9. The Hall–Kier alpha value is -3.74. The summed E-state index contributed by atoms with van der Waals surface area (Å²) in [6.45, 7) is 0.133. The van der Waals surface area contributed by atoms with Gasteiger partial charge >= 0.3 is 6.18 Å². The van der Waals surface area contributed by atoms with Crippen LogP contribution in [0.1, 0.15) is 21.5 Å². The fraction of sp³-hybridized carbons (Fsp3) is 0.0833. The highest BCUT2D eigenvalue weighted by molar-refractivity contribution is 6.09. The molecule has 3 aromatic carbocycles. The number of halogens is 4. The van der Waals surface area contributed by atoms with E-state index in [1.54, 1.807) is 42.5 Å². The molecule has 1 N–H and O–H groups in total. The van der Waals surface area contributed by atoms with Crippen molar-refractivity contribution in [3.05, 3.63) is 102 Å². The Labute approximate surface area is 175 Å². The SMILES string of the molecule is O=C(NCc1ccc(F)cc1)c1cnc2c(C(F)(F)F)cccc2c1-c1ccccc1. The van der Waals surface area contributed by atoms with Crippen LogP contribution in [0.25, 0.3) is 22.0 Å². The number of nitrogens with zero attached hydrogens (tertiary/aromatic N) is 1. The van der Waals surface area contributed by atoms with Crippen molar-refractivity contribution in [1.82, 2.24) is 10.3 Å². The molecule has 3 nitrogen and oxygen atoms in total. The van der Waals surface area contributed by atoms with Gasteiger partial charge in [0.2, 0.25) is 0 Å². The van der Waals surface area contributed by atoms with Crippen LogP contribution >= 0.6 is 0 Å². The number of fused-ring (bicyclic) bond motifs is 1. The average Bonchev–Trinajstić information content (AvgIpc) is 2.77. The highest BCUT2D eigenvalue weighted by Gasteiger charge is 2.34. The molecule has 0 aliphatic rings. The molecule has 4 rings (SSSR count). The predicted octanol–water partition coefficient (Wildman–Crippen LogP) is 5.99. The lowest BCUT2D eigenvalue weighted by molar-refractivity contribution is -0.136. The first kappa shape index (κ1) is 20.5. The fourth-order valence-electron chi connectivity index (χ4n) is 3.42. The molecule has 0 saturated heterocycles. The second-order valence-corrected chi connectivity index (χ2v) is 6.92. The molecular weight excluding hydrogens is 408 g/mol. The number of carbonyl (C=O) groups is 1. The van der Waals surface area contributed by atoms with Gasteiger partial charge in [-0.3, -0.25) is 9.78 Å². The summed E-state index contributed by atoms with van der Waals surface area (Å²) in [5, 5.41) is 2.96. The number of carbonyl (C=O) groups excluding carboxylic acids is 1. The Morgan fingerprint density at radius 1 is 0.903 bits per heavy atom. The van der Waals surface area contributed by atoms with E-state index in [1.165, 1.54) is 30.5 Å².